The molecule has 3 aromatic rings. The molecule has 0 spiro atoms. The summed E-state index contributed by atoms with van der Waals surface area (Å²) >= 11 is 5.90. The highest BCUT2D eigenvalue weighted by Crippen LogP contribution is 2.32. The first-order valence-corrected chi connectivity index (χ1v) is 10.9. The Morgan fingerprint density at radius 3 is 2.82 bits per heavy atom. The Hall–Kier alpha value is -3.53. The summed E-state index contributed by atoms with van der Waals surface area (Å²) in [6, 6.07) is 12.0. The molecular formula is C24H23ClFN5O3. The molecule has 1 aliphatic rings. The Morgan fingerprint density at radius 2 is 2.06 bits per heavy atom. The van der Waals surface area contributed by atoms with E-state index >= 15 is 0 Å². The van der Waals surface area contributed by atoms with Gasteiger partial charge in [-0.2, -0.15) is 4.98 Å². The van der Waals surface area contributed by atoms with Crippen LogP contribution in [0.25, 0.3) is 17.2 Å². The molecule has 176 valence electrons. The van der Waals surface area contributed by atoms with Crippen molar-refractivity contribution in [2.45, 2.75) is 0 Å². The third-order valence-electron chi connectivity index (χ3n) is 5.08. The maximum Gasteiger partial charge on any atom is 0.267 e. The second-order valence-corrected chi connectivity index (χ2v) is 7.82. The van der Waals surface area contributed by atoms with Crippen LogP contribution < -0.4 is 15.7 Å². The van der Waals surface area contributed by atoms with Crippen molar-refractivity contribution in [3.8, 4) is 11.1 Å². The van der Waals surface area contributed by atoms with Crippen LogP contribution in [-0.2, 0) is 14.4 Å². The van der Waals surface area contributed by atoms with E-state index in [-0.39, 0.29) is 10.9 Å². The summed E-state index contributed by atoms with van der Waals surface area (Å²) in [5, 5.41) is 3.10. The summed E-state index contributed by atoms with van der Waals surface area (Å²) in [6.45, 7) is 2.56. The molecule has 0 saturated carbocycles. The van der Waals surface area contributed by atoms with Crippen molar-refractivity contribution in [3.05, 3.63) is 71.1 Å². The van der Waals surface area contributed by atoms with Crippen LogP contribution in [-0.4, -0.2) is 49.3 Å². The second kappa shape index (κ2) is 11.1. The maximum absolute atomic E-state index is 13.5. The number of aromatic nitrogens is 2. The molecule has 2 heterocycles. The van der Waals surface area contributed by atoms with Crippen LogP contribution in [0.2, 0.25) is 5.02 Å². The first-order valence-electron chi connectivity index (χ1n) is 10.6. The predicted molar refractivity (Wildman–Crippen MR) is 129 cm³/mol. The number of rotatable bonds is 7. The van der Waals surface area contributed by atoms with E-state index in [1.54, 1.807) is 18.3 Å². The quantitative estimate of drug-likeness (QED) is 0.384. The summed E-state index contributed by atoms with van der Waals surface area (Å²) in [5.74, 6) is 0.250. The number of carbonyl (C=O) groups excluding carboxylic acids is 1. The normalized spacial score (nSPS) is 13.8. The average molecular weight is 484 g/mol. The lowest BCUT2D eigenvalue weighted by atomic mass is 10.0. The van der Waals surface area contributed by atoms with Gasteiger partial charge in [-0.25, -0.2) is 14.9 Å². The minimum Gasteiger partial charge on any atom is -0.378 e. The Labute approximate surface area is 201 Å². The van der Waals surface area contributed by atoms with E-state index in [1.165, 1.54) is 25.3 Å². The van der Waals surface area contributed by atoms with Gasteiger partial charge in [0.25, 0.3) is 5.91 Å². The summed E-state index contributed by atoms with van der Waals surface area (Å²) in [7, 11) is 1.38. The Bertz CT molecular complexity index is 1200. The first-order chi connectivity index (χ1) is 16.5. The lowest BCUT2D eigenvalue weighted by molar-refractivity contribution is -0.126. The number of anilines is 3. The van der Waals surface area contributed by atoms with Crippen LogP contribution in [0.4, 0.5) is 21.8 Å². The molecule has 2 N–H and O–H groups in total. The van der Waals surface area contributed by atoms with Crippen molar-refractivity contribution in [3.63, 3.8) is 0 Å². The summed E-state index contributed by atoms with van der Waals surface area (Å²) in [6.07, 6.45) is 4.83. The average Bonchev–Trinajstić information content (AvgIpc) is 2.86. The highest BCUT2D eigenvalue weighted by atomic mass is 35.5. The molecular weight excluding hydrogens is 461 g/mol. The number of hydrogen-bond acceptors (Lipinski definition) is 7. The molecule has 1 aliphatic heterocycles. The number of halogens is 2. The van der Waals surface area contributed by atoms with Crippen molar-refractivity contribution in [1.82, 2.24) is 15.4 Å². The van der Waals surface area contributed by atoms with Crippen molar-refractivity contribution >= 4 is 41.0 Å². The molecule has 34 heavy (non-hydrogen) atoms. The molecule has 0 atom stereocenters. The van der Waals surface area contributed by atoms with Gasteiger partial charge in [-0.05, 0) is 41.5 Å². The minimum atomic E-state index is -0.494. The zero-order valence-electron chi connectivity index (χ0n) is 18.4. The van der Waals surface area contributed by atoms with E-state index in [1.807, 2.05) is 24.3 Å². The first kappa shape index (κ1) is 23.6. The van der Waals surface area contributed by atoms with E-state index in [9.17, 15) is 9.18 Å². The zero-order chi connectivity index (χ0) is 23.9. The molecule has 1 aromatic heterocycles. The smallest absolute Gasteiger partial charge is 0.267 e. The molecule has 0 aliphatic carbocycles. The van der Waals surface area contributed by atoms with Crippen molar-refractivity contribution in [1.29, 1.82) is 0 Å². The molecule has 1 saturated heterocycles. The molecule has 0 bridgehead atoms. The molecule has 10 heteroatoms. The highest BCUT2D eigenvalue weighted by molar-refractivity contribution is 6.31. The van der Waals surface area contributed by atoms with Gasteiger partial charge >= 0.3 is 0 Å². The van der Waals surface area contributed by atoms with Gasteiger partial charge in [0.1, 0.15) is 11.6 Å². The fourth-order valence-electron chi connectivity index (χ4n) is 3.47. The van der Waals surface area contributed by atoms with Crippen LogP contribution in [0.15, 0.2) is 54.7 Å². The van der Waals surface area contributed by atoms with Crippen molar-refractivity contribution in [2.24, 2.45) is 0 Å². The van der Waals surface area contributed by atoms with E-state index < -0.39 is 5.82 Å². The van der Waals surface area contributed by atoms with E-state index in [0.717, 1.165) is 22.5 Å². The molecule has 0 radical (unpaired) electrons. The Morgan fingerprint density at radius 1 is 1.24 bits per heavy atom. The maximum atomic E-state index is 13.5. The van der Waals surface area contributed by atoms with E-state index in [0.29, 0.717) is 37.9 Å². The number of nitrogens with zero attached hydrogens (tertiary/aromatic N) is 3. The fraction of sp³-hybridized carbons (Fsp3) is 0.208. The molecule has 0 unspecified atom stereocenters. The highest BCUT2D eigenvalue weighted by Gasteiger charge is 2.19. The molecule has 4 rings (SSSR count). The lowest BCUT2D eigenvalue weighted by Crippen LogP contribution is -2.37. The van der Waals surface area contributed by atoms with Crippen molar-refractivity contribution in [2.75, 3.05) is 43.6 Å². The van der Waals surface area contributed by atoms with Gasteiger partial charge in [-0.15, -0.1) is 0 Å². The van der Waals surface area contributed by atoms with Gasteiger partial charge in [-0.3, -0.25) is 9.63 Å². The fourth-order valence-corrected chi connectivity index (χ4v) is 3.65. The topological polar surface area (TPSA) is 88.6 Å². The number of benzene rings is 2. The number of hydrogen-bond donors (Lipinski definition) is 2. The van der Waals surface area contributed by atoms with Gasteiger partial charge in [0.05, 0.1) is 25.3 Å². The van der Waals surface area contributed by atoms with Gasteiger partial charge in [0.15, 0.2) is 0 Å². The standard InChI is InChI=1S/C24H23ClFN5O3/c1-33-30-22(32)8-5-16-3-2-4-17(13-16)19-15-27-24(28-18-6-7-21(26)20(25)14-18)29-23(19)31-9-11-34-12-10-31/h2-8,13-15H,9-12H2,1H3,(H,30,32)(H,27,28,29)/b8-5+. The van der Waals surface area contributed by atoms with Gasteiger partial charge < -0.3 is 15.0 Å². The number of nitrogens with one attached hydrogen (secondary N) is 2. The SMILES string of the molecule is CONC(=O)/C=C/c1cccc(-c2cnc(Nc3ccc(F)c(Cl)c3)nc2N2CCOCC2)c1. The van der Waals surface area contributed by atoms with Crippen LogP contribution >= 0.6 is 11.6 Å². The molecule has 8 nitrogen and oxygen atoms in total. The number of carbonyl (C=O) groups is 1. The Kier molecular flexibility index (Phi) is 7.69. The largest absolute Gasteiger partial charge is 0.378 e. The van der Waals surface area contributed by atoms with Gasteiger partial charge in [0.2, 0.25) is 5.95 Å². The number of ether oxygens (including phenoxy) is 1. The number of morpholine rings is 1. The zero-order valence-corrected chi connectivity index (χ0v) is 19.2. The minimum absolute atomic E-state index is 0.0130. The van der Waals surface area contributed by atoms with Crippen LogP contribution in [0.5, 0.6) is 0 Å². The Balaban J connectivity index is 1.67. The van der Waals surface area contributed by atoms with Crippen molar-refractivity contribution < 1.29 is 18.8 Å². The number of hydroxylamine groups is 1. The monoisotopic (exact) mass is 483 g/mol. The third-order valence-corrected chi connectivity index (χ3v) is 5.37. The number of amides is 1. The molecule has 2 aromatic carbocycles. The van der Waals surface area contributed by atoms with E-state index in [2.05, 4.69) is 25.5 Å². The van der Waals surface area contributed by atoms with Crippen LogP contribution in [0, 0.1) is 5.82 Å². The molecule has 1 fully saturated rings. The summed E-state index contributed by atoms with van der Waals surface area (Å²) < 4.78 is 19.0. The molecule has 1 amide bonds. The van der Waals surface area contributed by atoms with Gasteiger partial charge in [0, 0.05) is 36.6 Å². The summed E-state index contributed by atoms with van der Waals surface area (Å²) in [5.41, 5.74) is 5.39. The second-order valence-electron chi connectivity index (χ2n) is 7.41. The summed E-state index contributed by atoms with van der Waals surface area (Å²) in [4.78, 5) is 27.6. The van der Waals surface area contributed by atoms with E-state index in [4.69, 9.17) is 21.3 Å². The lowest BCUT2D eigenvalue weighted by Gasteiger charge is -2.29. The van der Waals surface area contributed by atoms with Crippen LogP contribution in [0.3, 0.4) is 0 Å². The van der Waals surface area contributed by atoms with Gasteiger partial charge in [-0.1, -0.05) is 29.8 Å². The van der Waals surface area contributed by atoms with Crippen LogP contribution in [0.1, 0.15) is 5.56 Å². The third kappa shape index (κ3) is 5.88. The predicted octanol–water partition coefficient (Wildman–Crippen LogP) is 4.21.